The zero-order chi connectivity index (χ0) is 16.3. The Kier molecular flexibility index (Phi) is 4.76. The number of nitrogens with one attached hydrogen (secondary N) is 1. The topological polar surface area (TPSA) is 44.8 Å². The van der Waals surface area contributed by atoms with Crippen LogP contribution < -0.4 is 15.0 Å². The average molecular weight is 317 g/mol. The lowest BCUT2D eigenvalue weighted by Crippen LogP contribution is -2.53. The predicted molar refractivity (Wildman–Crippen MR) is 92.0 cm³/mol. The van der Waals surface area contributed by atoms with Gasteiger partial charge >= 0.3 is 0 Å². The van der Waals surface area contributed by atoms with E-state index >= 15 is 0 Å². The molecule has 1 aromatic rings. The Morgan fingerprint density at radius 3 is 2.65 bits per heavy atom. The second-order valence-corrected chi connectivity index (χ2v) is 6.67. The predicted octanol–water partition coefficient (Wildman–Crippen LogP) is 1.73. The third-order valence-corrected chi connectivity index (χ3v) is 4.96. The molecule has 2 aliphatic rings. The summed E-state index contributed by atoms with van der Waals surface area (Å²) in [6.07, 6.45) is 0.944. The lowest BCUT2D eigenvalue weighted by Gasteiger charge is -2.39. The van der Waals surface area contributed by atoms with Gasteiger partial charge in [-0.3, -0.25) is 4.79 Å². The Balaban J connectivity index is 1.63. The molecule has 1 unspecified atom stereocenters. The summed E-state index contributed by atoms with van der Waals surface area (Å²) in [6, 6.07) is 8.16. The summed E-state index contributed by atoms with van der Waals surface area (Å²) in [4.78, 5) is 17.1. The van der Waals surface area contributed by atoms with Crippen LogP contribution in [0.1, 0.15) is 20.3 Å². The molecular weight excluding hydrogens is 290 g/mol. The van der Waals surface area contributed by atoms with E-state index in [-0.39, 0.29) is 5.41 Å². The molecule has 0 radical (unpaired) electrons. The highest BCUT2D eigenvalue weighted by molar-refractivity contribution is 5.83. The van der Waals surface area contributed by atoms with Crippen LogP contribution in [-0.4, -0.2) is 56.7 Å². The fraction of sp³-hybridized carbons (Fsp3) is 0.611. The minimum absolute atomic E-state index is 0.217. The molecule has 1 N–H and O–H groups in total. The standard InChI is InChI=1S/C18H27N3O2/c1-3-23-16-7-5-4-6-15(16)20-10-12-21(13-11-20)17(22)18(2)8-9-19-14-18/h4-7,19H,3,8-14H2,1-2H3. The number of carbonyl (C=O) groups is 1. The first-order chi connectivity index (χ1) is 11.1. The van der Waals surface area contributed by atoms with Gasteiger partial charge in [0.2, 0.25) is 5.91 Å². The van der Waals surface area contributed by atoms with Crippen LogP contribution >= 0.6 is 0 Å². The van der Waals surface area contributed by atoms with Crippen molar-refractivity contribution in [3.8, 4) is 5.75 Å². The summed E-state index contributed by atoms with van der Waals surface area (Å²) >= 11 is 0. The molecule has 0 bridgehead atoms. The number of rotatable bonds is 4. The zero-order valence-corrected chi connectivity index (χ0v) is 14.2. The molecule has 0 spiro atoms. The van der Waals surface area contributed by atoms with Crippen LogP contribution in [0.15, 0.2) is 24.3 Å². The summed E-state index contributed by atoms with van der Waals surface area (Å²) in [5.74, 6) is 1.24. The van der Waals surface area contributed by atoms with Crippen molar-refractivity contribution in [2.24, 2.45) is 5.41 Å². The maximum absolute atomic E-state index is 12.8. The van der Waals surface area contributed by atoms with Gasteiger partial charge in [0, 0.05) is 32.7 Å². The van der Waals surface area contributed by atoms with E-state index in [0.717, 1.165) is 57.1 Å². The fourth-order valence-corrected chi connectivity index (χ4v) is 3.53. The van der Waals surface area contributed by atoms with Crippen LogP contribution in [0, 0.1) is 5.41 Å². The van der Waals surface area contributed by atoms with Crippen molar-refractivity contribution >= 4 is 11.6 Å². The number of anilines is 1. The minimum atomic E-state index is -0.217. The number of hydrogen-bond donors (Lipinski definition) is 1. The Morgan fingerprint density at radius 2 is 2.00 bits per heavy atom. The van der Waals surface area contributed by atoms with Gasteiger partial charge in [-0.2, -0.15) is 0 Å². The molecular formula is C18H27N3O2. The van der Waals surface area contributed by atoms with Gasteiger partial charge in [-0.05, 0) is 38.9 Å². The van der Waals surface area contributed by atoms with Gasteiger partial charge in [0.1, 0.15) is 5.75 Å². The van der Waals surface area contributed by atoms with E-state index in [9.17, 15) is 4.79 Å². The number of nitrogens with zero attached hydrogens (tertiary/aromatic N) is 2. The molecule has 23 heavy (non-hydrogen) atoms. The number of amides is 1. The molecule has 126 valence electrons. The molecule has 2 saturated heterocycles. The molecule has 5 heteroatoms. The maximum Gasteiger partial charge on any atom is 0.229 e. The summed E-state index contributed by atoms with van der Waals surface area (Å²) in [6.45, 7) is 9.81. The summed E-state index contributed by atoms with van der Waals surface area (Å²) in [5.41, 5.74) is 0.918. The highest BCUT2D eigenvalue weighted by Gasteiger charge is 2.40. The summed E-state index contributed by atoms with van der Waals surface area (Å²) < 4.78 is 5.73. The van der Waals surface area contributed by atoms with Gasteiger partial charge in [0.15, 0.2) is 0 Å². The highest BCUT2D eigenvalue weighted by Crippen LogP contribution is 2.31. The lowest BCUT2D eigenvalue weighted by atomic mass is 9.88. The minimum Gasteiger partial charge on any atom is -0.492 e. The van der Waals surface area contributed by atoms with E-state index in [0.29, 0.717) is 12.5 Å². The number of hydrogen-bond acceptors (Lipinski definition) is 4. The number of piperazine rings is 1. The van der Waals surface area contributed by atoms with Crippen molar-refractivity contribution in [2.45, 2.75) is 20.3 Å². The smallest absolute Gasteiger partial charge is 0.229 e. The van der Waals surface area contributed by atoms with Crippen LogP contribution in [-0.2, 0) is 4.79 Å². The van der Waals surface area contributed by atoms with Gasteiger partial charge in [-0.1, -0.05) is 12.1 Å². The SMILES string of the molecule is CCOc1ccccc1N1CCN(C(=O)C2(C)CCNC2)CC1. The maximum atomic E-state index is 12.8. The van der Waals surface area contributed by atoms with Gasteiger partial charge in [-0.25, -0.2) is 0 Å². The first kappa shape index (κ1) is 16.1. The highest BCUT2D eigenvalue weighted by atomic mass is 16.5. The van der Waals surface area contributed by atoms with Crippen LogP contribution in [0.25, 0.3) is 0 Å². The molecule has 0 saturated carbocycles. The molecule has 1 atom stereocenters. The second-order valence-electron chi connectivity index (χ2n) is 6.67. The molecule has 2 aliphatic heterocycles. The first-order valence-corrected chi connectivity index (χ1v) is 8.61. The van der Waals surface area contributed by atoms with Crippen molar-refractivity contribution in [3.63, 3.8) is 0 Å². The van der Waals surface area contributed by atoms with Crippen LogP contribution in [0.3, 0.4) is 0 Å². The summed E-state index contributed by atoms with van der Waals surface area (Å²) in [7, 11) is 0. The van der Waals surface area contributed by atoms with Gasteiger partial charge in [0.25, 0.3) is 0 Å². The zero-order valence-electron chi connectivity index (χ0n) is 14.2. The van der Waals surface area contributed by atoms with Gasteiger partial charge in [-0.15, -0.1) is 0 Å². The van der Waals surface area contributed by atoms with E-state index in [1.165, 1.54) is 0 Å². The first-order valence-electron chi connectivity index (χ1n) is 8.61. The van der Waals surface area contributed by atoms with Crippen molar-refractivity contribution in [1.82, 2.24) is 10.2 Å². The normalized spacial score (nSPS) is 24.8. The molecule has 2 fully saturated rings. The Bertz CT molecular complexity index is 547. The molecule has 2 heterocycles. The van der Waals surface area contributed by atoms with Gasteiger partial charge < -0.3 is 19.9 Å². The average Bonchev–Trinajstić information content (AvgIpc) is 3.03. The van der Waals surface area contributed by atoms with Gasteiger partial charge in [0.05, 0.1) is 17.7 Å². The number of para-hydroxylation sites is 2. The third-order valence-electron chi connectivity index (χ3n) is 4.96. The molecule has 0 aromatic heterocycles. The molecule has 5 nitrogen and oxygen atoms in total. The van der Waals surface area contributed by atoms with E-state index < -0.39 is 0 Å². The van der Waals surface area contributed by atoms with Crippen molar-refractivity contribution in [2.75, 3.05) is 50.8 Å². The number of ether oxygens (including phenoxy) is 1. The molecule has 1 aromatic carbocycles. The van der Waals surface area contributed by atoms with E-state index in [2.05, 4.69) is 23.2 Å². The fourth-order valence-electron chi connectivity index (χ4n) is 3.53. The second kappa shape index (κ2) is 6.79. The van der Waals surface area contributed by atoms with Crippen molar-refractivity contribution in [3.05, 3.63) is 24.3 Å². The Hall–Kier alpha value is -1.75. The number of carbonyl (C=O) groups excluding carboxylic acids is 1. The largest absolute Gasteiger partial charge is 0.492 e. The molecule has 3 rings (SSSR count). The van der Waals surface area contributed by atoms with E-state index in [4.69, 9.17) is 4.74 Å². The summed E-state index contributed by atoms with van der Waals surface area (Å²) in [5, 5.41) is 3.31. The van der Waals surface area contributed by atoms with Crippen LogP contribution in [0.5, 0.6) is 5.75 Å². The number of benzene rings is 1. The quantitative estimate of drug-likeness (QED) is 0.919. The molecule has 1 amide bonds. The van der Waals surface area contributed by atoms with Crippen LogP contribution in [0.2, 0.25) is 0 Å². The van der Waals surface area contributed by atoms with Crippen molar-refractivity contribution < 1.29 is 9.53 Å². The Morgan fingerprint density at radius 1 is 1.26 bits per heavy atom. The lowest BCUT2D eigenvalue weighted by molar-refractivity contribution is -0.140. The van der Waals surface area contributed by atoms with E-state index in [1.807, 2.05) is 30.0 Å². The molecule has 0 aliphatic carbocycles. The van der Waals surface area contributed by atoms with E-state index in [1.54, 1.807) is 0 Å². The monoisotopic (exact) mass is 317 g/mol. The third kappa shape index (κ3) is 3.29. The Labute approximate surface area is 138 Å². The van der Waals surface area contributed by atoms with Crippen LogP contribution in [0.4, 0.5) is 5.69 Å². The van der Waals surface area contributed by atoms with Crippen molar-refractivity contribution in [1.29, 1.82) is 0 Å².